The predicted octanol–water partition coefficient (Wildman–Crippen LogP) is -2.14. The molecule has 0 radical (unpaired) electrons. The van der Waals surface area contributed by atoms with Gasteiger partial charge in [-0.25, -0.2) is 5.43 Å². The standard InChI is InChI=1S/C14H24N4O/c1-17-7-9-18(10-8-17)12-14(19)16-15-11-13-5-3-2-4-6-13/h2-3,11,13H,4-10,12H2,1H3,(H,16,19)/p+2/b15-11-/t13-/m1/s1. The van der Waals surface area contributed by atoms with E-state index in [0.717, 1.165) is 45.4 Å². The molecule has 0 unspecified atom stereocenters. The number of allylic oxidation sites excluding steroid dienone is 2. The number of nitrogens with zero attached hydrogens (tertiary/aromatic N) is 1. The summed E-state index contributed by atoms with van der Waals surface area (Å²) in [6.45, 7) is 5.02. The molecule has 3 N–H and O–H groups in total. The van der Waals surface area contributed by atoms with Crippen molar-refractivity contribution >= 4 is 12.1 Å². The largest absolute Gasteiger partial charge is 0.328 e. The highest BCUT2D eigenvalue weighted by molar-refractivity contribution is 5.77. The van der Waals surface area contributed by atoms with Gasteiger partial charge < -0.3 is 9.80 Å². The first-order valence-corrected chi connectivity index (χ1v) is 7.36. The average molecular weight is 266 g/mol. The van der Waals surface area contributed by atoms with Crippen molar-refractivity contribution in [1.29, 1.82) is 0 Å². The van der Waals surface area contributed by atoms with Crippen molar-refractivity contribution in [3.8, 4) is 0 Å². The molecule has 1 saturated heterocycles. The third kappa shape index (κ3) is 5.12. The maximum absolute atomic E-state index is 11.8. The van der Waals surface area contributed by atoms with E-state index < -0.39 is 0 Å². The van der Waals surface area contributed by atoms with E-state index in [4.69, 9.17) is 0 Å². The molecule has 1 aliphatic carbocycles. The molecule has 0 bridgehead atoms. The van der Waals surface area contributed by atoms with Gasteiger partial charge in [0.1, 0.15) is 26.2 Å². The highest BCUT2D eigenvalue weighted by Gasteiger charge is 2.21. The quantitative estimate of drug-likeness (QED) is 0.304. The molecule has 106 valence electrons. The SMILES string of the molecule is C[NH+]1CC[NH+](CC(=O)N/N=C\[C@@H]2CC=CCC2)CC1. The van der Waals surface area contributed by atoms with Gasteiger partial charge in [-0.1, -0.05) is 12.2 Å². The first-order chi connectivity index (χ1) is 9.24. The molecule has 1 amide bonds. The zero-order valence-corrected chi connectivity index (χ0v) is 11.8. The summed E-state index contributed by atoms with van der Waals surface area (Å²) in [5.74, 6) is 0.530. The lowest BCUT2D eigenvalue weighted by Crippen LogP contribution is -3.27. The van der Waals surface area contributed by atoms with E-state index in [1.165, 1.54) is 4.90 Å². The van der Waals surface area contributed by atoms with Crippen LogP contribution in [-0.2, 0) is 4.79 Å². The Morgan fingerprint density at radius 2 is 2.16 bits per heavy atom. The van der Waals surface area contributed by atoms with Crippen molar-refractivity contribution in [3.05, 3.63) is 12.2 Å². The molecular formula is C14H26N4O+2. The maximum atomic E-state index is 11.8. The van der Waals surface area contributed by atoms with Crippen LogP contribution in [0.3, 0.4) is 0 Å². The van der Waals surface area contributed by atoms with Gasteiger partial charge in [0, 0.05) is 6.21 Å². The Bertz CT molecular complexity index is 345. The molecule has 1 fully saturated rings. The van der Waals surface area contributed by atoms with Gasteiger partial charge in [-0.2, -0.15) is 5.10 Å². The molecule has 5 heteroatoms. The summed E-state index contributed by atoms with van der Waals surface area (Å²) in [6.07, 6.45) is 9.61. The normalized spacial score (nSPS) is 31.5. The second-order valence-corrected chi connectivity index (χ2v) is 5.74. The summed E-state index contributed by atoms with van der Waals surface area (Å²) in [7, 11) is 2.21. The van der Waals surface area contributed by atoms with Crippen molar-refractivity contribution in [1.82, 2.24) is 5.43 Å². The molecule has 0 saturated carbocycles. The summed E-state index contributed by atoms with van der Waals surface area (Å²) in [5.41, 5.74) is 2.67. The summed E-state index contributed by atoms with van der Waals surface area (Å²) < 4.78 is 0. The second-order valence-electron chi connectivity index (χ2n) is 5.74. The van der Waals surface area contributed by atoms with Crippen LogP contribution < -0.4 is 15.2 Å². The van der Waals surface area contributed by atoms with Crippen LogP contribution in [0.2, 0.25) is 0 Å². The van der Waals surface area contributed by atoms with Crippen molar-refractivity contribution < 1.29 is 14.6 Å². The smallest absolute Gasteiger partial charge is 0.295 e. The number of quaternary nitrogens is 2. The van der Waals surface area contributed by atoms with Gasteiger partial charge in [0.05, 0.1) is 7.05 Å². The van der Waals surface area contributed by atoms with Crippen molar-refractivity contribution in [2.24, 2.45) is 11.0 Å². The lowest BCUT2D eigenvalue weighted by Gasteiger charge is -2.26. The molecule has 2 rings (SSSR count). The van der Waals surface area contributed by atoms with Crippen molar-refractivity contribution in [3.63, 3.8) is 0 Å². The Hall–Kier alpha value is -1.20. The summed E-state index contributed by atoms with van der Waals surface area (Å²) >= 11 is 0. The fourth-order valence-electron chi connectivity index (χ4n) is 2.64. The first-order valence-electron chi connectivity index (χ1n) is 7.36. The zero-order valence-electron chi connectivity index (χ0n) is 11.8. The number of carbonyl (C=O) groups excluding carboxylic acids is 1. The fraction of sp³-hybridized carbons (Fsp3) is 0.714. The molecule has 5 nitrogen and oxygen atoms in total. The monoisotopic (exact) mass is 266 g/mol. The molecule has 1 atom stereocenters. The van der Waals surface area contributed by atoms with Crippen LogP contribution in [0, 0.1) is 5.92 Å². The Labute approximate surface area is 115 Å². The number of hydrogen-bond donors (Lipinski definition) is 3. The van der Waals surface area contributed by atoms with Gasteiger partial charge in [-0.3, -0.25) is 4.79 Å². The molecule has 0 aromatic rings. The van der Waals surface area contributed by atoms with Gasteiger partial charge in [0.2, 0.25) is 0 Å². The van der Waals surface area contributed by atoms with Crippen LogP contribution in [0.5, 0.6) is 0 Å². The topological polar surface area (TPSA) is 50.3 Å². The Morgan fingerprint density at radius 3 is 2.84 bits per heavy atom. The number of hydrazone groups is 1. The zero-order chi connectivity index (χ0) is 13.5. The second kappa shape index (κ2) is 7.40. The van der Waals surface area contributed by atoms with Crippen LogP contribution in [0.1, 0.15) is 19.3 Å². The maximum Gasteiger partial charge on any atom is 0.295 e. The summed E-state index contributed by atoms with van der Waals surface area (Å²) in [4.78, 5) is 14.7. The van der Waals surface area contributed by atoms with E-state index in [0.29, 0.717) is 12.5 Å². The van der Waals surface area contributed by atoms with Gasteiger partial charge in [-0.15, -0.1) is 0 Å². The minimum Gasteiger partial charge on any atom is -0.328 e. The predicted molar refractivity (Wildman–Crippen MR) is 75.3 cm³/mol. The van der Waals surface area contributed by atoms with Gasteiger partial charge in [0.15, 0.2) is 6.54 Å². The number of carbonyl (C=O) groups is 1. The molecule has 0 aromatic heterocycles. The van der Waals surface area contributed by atoms with Gasteiger partial charge >= 0.3 is 0 Å². The average Bonchev–Trinajstić information content (AvgIpc) is 2.43. The molecule has 19 heavy (non-hydrogen) atoms. The summed E-state index contributed by atoms with van der Waals surface area (Å²) in [6, 6.07) is 0. The van der Waals surface area contributed by atoms with E-state index in [1.807, 2.05) is 6.21 Å². The van der Waals surface area contributed by atoms with Crippen LogP contribution in [-0.4, -0.2) is 51.9 Å². The molecule has 0 aromatic carbocycles. The highest BCUT2D eigenvalue weighted by atomic mass is 16.2. The lowest BCUT2D eigenvalue weighted by atomic mass is 9.96. The fourth-order valence-corrected chi connectivity index (χ4v) is 2.64. The van der Waals surface area contributed by atoms with Crippen molar-refractivity contribution in [2.75, 3.05) is 39.8 Å². The third-order valence-corrected chi connectivity index (χ3v) is 4.01. The summed E-state index contributed by atoms with van der Waals surface area (Å²) in [5, 5.41) is 4.10. The van der Waals surface area contributed by atoms with E-state index in [2.05, 4.69) is 29.7 Å². The van der Waals surface area contributed by atoms with Crippen LogP contribution in [0.25, 0.3) is 0 Å². The lowest BCUT2D eigenvalue weighted by molar-refractivity contribution is -1.000. The minimum absolute atomic E-state index is 0.0390. The number of rotatable bonds is 4. The van der Waals surface area contributed by atoms with E-state index in [1.54, 1.807) is 4.90 Å². The number of likely N-dealkylation sites (N-methyl/N-ethyl adjacent to an activating group) is 1. The number of hydrogen-bond acceptors (Lipinski definition) is 2. The Balaban J connectivity index is 1.64. The highest BCUT2D eigenvalue weighted by Crippen LogP contribution is 2.15. The van der Waals surface area contributed by atoms with E-state index in [9.17, 15) is 4.79 Å². The minimum atomic E-state index is 0.0390. The number of nitrogens with one attached hydrogen (secondary N) is 3. The van der Waals surface area contributed by atoms with Gasteiger partial charge in [0.25, 0.3) is 5.91 Å². The molecular weight excluding hydrogens is 240 g/mol. The molecule has 1 aliphatic heterocycles. The van der Waals surface area contributed by atoms with Crippen LogP contribution in [0.15, 0.2) is 17.3 Å². The Kier molecular flexibility index (Phi) is 5.54. The third-order valence-electron chi connectivity index (χ3n) is 4.01. The first kappa shape index (κ1) is 14.2. The molecule has 1 heterocycles. The molecule has 2 aliphatic rings. The van der Waals surface area contributed by atoms with Crippen LogP contribution >= 0.6 is 0 Å². The molecule has 0 spiro atoms. The number of amides is 1. The van der Waals surface area contributed by atoms with E-state index in [-0.39, 0.29) is 5.91 Å². The Morgan fingerprint density at radius 1 is 1.37 bits per heavy atom. The number of piperazine rings is 1. The van der Waals surface area contributed by atoms with Crippen molar-refractivity contribution in [2.45, 2.75) is 19.3 Å². The van der Waals surface area contributed by atoms with E-state index >= 15 is 0 Å². The van der Waals surface area contributed by atoms with Gasteiger partial charge in [-0.05, 0) is 25.2 Å². The van der Waals surface area contributed by atoms with Crippen LogP contribution in [0.4, 0.5) is 0 Å².